The van der Waals surface area contributed by atoms with E-state index >= 15 is 0 Å². The lowest BCUT2D eigenvalue weighted by molar-refractivity contribution is -0.145. The number of anilines is 1. The molecule has 3 rings (SSSR count). The zero-order valence-electron chi connectivity index (χ0n) is 30.3. The number of nitrogens with zero attached hydrogens (tertiary/aromatic N) is 4. The fourth-order valence-electron chi connectivity index (χ4n) is 6.34. The highest BCUT2D eigenvalue weighted by atomic mass is 16.4. The predicted molar refractivity (Wildman–Crippen MR) is 193 cm³/mol. The molecule has 2 saturated heterocycles. The van der Waals surface area contributed by atoms with E-state index in [-0.39, 0.29) is 83.0 Å². The van der Waals surface area contributed by atoms with Gasteiger partial charge in [0, 0.05) is 70.8 Å². The molecule has 0 saturated carbocycles. The molecule has 3 atom stereocenters. The van der Waals surface area contributed by atoms with Crippen molar-refractivity contribution in [2.45, 2.75) is 63.5 Å². The van der Waals surface area contributed by atoms with E-state index in [0.29, 0.717) is 38.2 Å². The molecule has 2 aliphatic rings. The summed E-state index contributed by atoms with van der Waals surface area (Å²) in [5, 5.41) is 52.8. The fraction of sp³-hybridized carbons (Fsp3) is 0.606. The minimum atomic E-state index is -1.66. The van der Waals surface area contributed by atoms with Crippen molar-refractivity contribution in [2.24, 2.45) is 0 Å². The van der Waals surface area contributed by atoms with E-state index in [1.165, 1.54) is 24.0 Å². The number of hydrogen-bond acceptors (Lipinski definition) is 13. The van der Waals surface area contributed by atoms with Gasteiger partial charge in [-0.25, -0.2) is 0 Å². The first kappa shape index (κ1) is 43.6. The zero-order chi connectivity index (χ0) is 39.8. The number of carbonyl (C=O) groups is 7. The lowest BCUT2D eigenvalue weighted by Gasteiger charge is -2.30. The van der Waals surface area contributed by atoms with Crippen LogP contribution in [0.25, 0.3) is 0 Å². The third-order valence-electron chi connectivity index (χ3n) is 9.27. The van der Waals surface area contributed by atoms with Gasteiger partial charge < -0.3 is 40.9 Å². The van der Waals surface area contributed by atoms with Gasteiger partial charge in [-0.3, -0.25) is 59.1 Å². The molecule has 2 fully saturated rings. The summed E-state index contributed by atoms with van der Waals surface area (Å²) < 4.78 is 0. The van der Waals surface area contributed by atoms with Crippen LogP contribution in [0.3, 0.4) is 0 Å². The summed E-state index contributed by atoms with van der Waals surface area (Å²) in [5.41, 5.74) is 5.99. The predicted octanol–water partition coefficient (Wildman–Crippen LogP) is -2.53. The number of amides is 4. The SMILES string of the molecule is C[C@@H](NC(=O)c1ccc(NNC(=O)CCCNC(=O)CCC(C(=O)O)N2CCN(CC(=O)O)CCN(CC(=O)O)CC2)cc1)C(=O)N1CCC[C@H]1B(O)O. The van der Waals surface area contributed by atoms with Crippen LogP contribution in [0.2, 0.25) is 0 Å². The second-order valence-corrected chi connectivity index (χ2v) is 13.3. The topological polar surface area (TPSA) is 282 Å². The third kappa shape index (κ3) is 14.5. The number of aliphatic carboxylic acids is 3. The highest BCUT2D eigenvalue weighted by Crippen LogP contribution is 2.19. The summed E-state index contributed by atoms with van der Waals surface area (Å²) in [6.45, 7) is 3.06. The van der Waals surface area contributed by atoms with Gasteiger partial charge in [0.1, 0.15) is 12.1 Å². The molecule has 0 aliphatic carbocycles. The van der Waals surface area contributed by atoms with Crippen molar-refractivity contribution < 1.29 is 58.9 Å². The maximum absolute atomic E-state index is 12.7. The standard InChI is InChI=1S/C33H51BN8O12/c1-22(32(50)42-13-3-4-26(42)34(53)54)36-31(49)23-6-8-24(9-7-23)37-38-28(44)5-2-12-35-27(43)11-10-25(33(51)52)41-18-16-39(20-29(45)46)14-15-40(17-19-41)21-30(47)48/h6-9,22,25-26,37,53-54H,2-5,10-21H2,1H3,(H,35,43)(H,36,49)(H,38,44)(H,45,46)(H,47,48)(H,51,52)/t22-,25?,26+/m1/s1. The molecule has 1 unspecified atom stereocenters. The molecular weight excluding hydrogens is 711 g/mol. The minimum absolute atomic E-state index is 0.0320. The van der Waals surface area contributed by atoms with Crippen molar-refractivity contribution in [3.63, 3.8) is 0 Å². The molecule has 20 nitrogen and oxygen atoms in total. The minimum Gasteiger partial charge on any atom is -0.480 e. The van der Waals surface area contributed by atoms with Crippen molar-refractivity contribution in [3.05, 3.63) is 29.8 Å². The maximum atomic E-state index is 12.7. The maximum Gasteiger partial charge on any atom is 0.475 e. The van der Waals surface area contributed by atoms with Gasteiger partial charge >= 0.3 is 25.0 Å². The Balaban J connectivity index is 1.37. The van der Waals surface area contributed by atoms with Crippen LogP contribution in [-0.2, 0) is 28.8 Å². The Bertz CT molecular complexity index is 1440. The van der Waals surface area contributed by atoms with Gasteiger partial charge in [0.15, 0.2) is 0 Å². The summed E-state index contributed by atoms with van der Waals surface area (Å²) >= 11 is 0. The first-order valence-electron chi connectivity index (χ1n) is 17.9. The van der Waals surface area contributed by atoms with Crippen molar-refractivity contribution in [1.29, 1.82) is 0 Å². The number of hydrogen-bond donors (Lipinski definition) is 9. The number of carbonyl (C=O) groups excluding carboxylic acids is 4. The quantitative estimate of drug-likeness (QED) is 0.0399. The van der Waals surface area contributed by atoms with Crippen molar-refractivity contribution >= 4 is 54.3 Å². The molecule has 21 heteroatoms. The average Bonchev–Trinajstić information content (AvgIpc) is 3.64. The number of carboxylic acids is 3. The number of nitrogens with one attached hydrogen (secondary N) is 4. The molecule has 0 spiro atoms. The highest BCUT2D eigenvalue weighted by molar-refractivity contribution is 6.43. The van der Waals surface area contributed by atoms with E-state index in [1.807, 2.05) is 0 Å². The van der Waals surface area contributed by atoms with E-state index in [9.17, 15) is 58.9 Å². The van der Waals surface area contributed by atoms with Gasteiger partial charge in [0.25, 0.3) is 5.91 Å². The van der Waals surface area contributed by atoms with Gasteiger partial charge in [-0.05, 0) is 56.9 Å². The van der Waals surface area contributed by atoms with Gasteiger partial charge in [0.2, 0.25) is 17.7 Å². The molecule has 9 N–H and O–H groups in total. The Labute approximate surface area is 312 Å². The Morgan fingerprint density at radius 1 is 0.815 bits per heavy atom. The van der Waals surface area contributed by atoms with Crippen LogP contribution in [0, 0.1) is 0 Å². The van der Waals surface area contributed by atoms with Crippen LogP contribution in [0.15, 0.2) is 24.3 Å². The molecule has 0 aromatic heterocycles. The summed E-state index contributed by atoms with van der Waals surface area (Å²) in [6.07, 6.45) is 1.29. The van der Waals surface area contributed by atoms with E-state index < -0.39 is 60.8 Å². The molecule has 0 radical (unpaired) electrons. The Kier molecular flexibility index (Phi) is 17.6. The highest BCUT2D eigenvalue weighted by Gasteiger charge is 2.38. The summed E-state index contributed by atoms with van der Waals surface area (Å²) in [4.78, 5) is 91.4. The van der Waals surface area contributed by atoms with Crippen LogP contribution in [0.5, 0.6) is 0 Å². The van der Waals surface area contributed by atoms with Gasteiger partial charge in [-0.2, -0.15) is 0 Å². The van der Waals surface area contributed by atoms with Gasteiger partial charge in [-0.1, -0.05) is 0 Å². The largest absolute Gasteiger partial charge is 0.480 e. The fourth-order valence-corrected chi connectivity index (χ4v) is 6.34. The molecule has 54 heavy (non-hydrogen) atoms. The zero-order valence-corrected chi connectivity index (χ0v) is 30.3. The second-order valence-electron chi connectivity index (χ2n) is 13.3. The lowest BCUT2D eigenvalue weighted by atomic mass is 9.78. The van der Waals surface area contributed by atoms with E-state index in [4.69, 9.17) is 0 Å². The number of likely N-dealkylation sites (tertiary alicyclic amines) is 1. The Morgan fingerprint density at radius 3 is 1.96 bits per heavy atom. The second kappa shape index (κ2) is 21.8. The number of hydrazine groups is 1. The third-order valence-corrected chi connectivity index (χ3v) is 9.27. The number of carboxylic acid groups (broad SMARTS) is 3. The molecule has 0 bridgehead atoms. The van der Waals surface area contributed by atoms with Crippen molar-refractivity contribution in [3.8, 4) is 0 Å². The summed E-state index contributed by atoms with van der Waals surface area (Å²) in [7, 11) is -1.66. The summed E-state index contributed by atoms with van der Waals surface area (Å²) in [5.74, 6) is -5.68. The lowest BCUT2D eigenvalue weighted by Crippen LogP contribution is -2.52. The number of rotatable bonds is 19. The van der Waals surface area contributed by atoms with Gasteiger partial charge in [0.05, 0.1) is 24.7 Å². The molecule has 2 aliphatic heterocycles. The van der Waals surface area contributed by atoms with Crippen LogP contribution >= 0.6 is 0 Å². The molecule has 1 aromatic rings. The molecule has 298 valence electrons. The Hall–Kier alpha value is -4.83. The first-order valence-corrected chi connectivity index (χ1v) is 17.9. The molecular formula is C33H51BN8O12. The smallest absolute Gasteiger partial charge is 0.475 e. The van der Waals surface area contributed by atoms with Crippen molar-refractivity contribution in [1.82, 2.24) is 35.7 Å². The van der Waals surface area contributed by atoms with Crippen LogP contribution in [-0.4, -0.2) is 177 Å². The van der Waals surface area contributed by atoms with E-state index in [2.05, 4.69) is 21.5 Å². The van der Waals surface area contributed by atoms with E-state index in [0.717, 1.165) is 0 Å². The Morgan fingerprint density at radius 2 is 1.41 bits per heavy atom. The molecule has 4 amide bonds. The van der Waals surface area contributed by atoms with Crippen molar-refractivity contribution in [2.75, 3.05) is 70.9 Å². The number of benzene rings is 1. The normalized spacial score (nSPS) is 18.3. The molecule has 1 aromatic carbocycles. The molecule has 2 heterocycles. The van der Waals surface area contributed by atoms with Gasteiger partial charge in [-0.15, -0.1) is 0 Å². The first-order chi connectivity index (χ1) is 25.6. The summed E-state index contributed by atoms with van der Waals surface area (Å²) in [6, 6.07) is 4.16. The van der Waals surface area contributed by atoms with Crippen LogP contribution in [0.4, 0.5) is 5.69 Å². The average molecular weight is 763 g/mol. The van der Waals surface area contributed by atoms with Crippen LogP contribution in [0.1, 0.15) is 55.8 Å². The van der Waals surface area contributed by atoms with E-state index in [1.54, 1.807) is 26.8 Å². The monoisotopic (exact) mass is 762 g/mol. The van der Waals surface area contributed by atoms with Crippen LogP contribution < -0.4 is 21.5 Å².